The zero-order valence-corrected chi connectivity index (χ0v) is 14.1. The van der Waals surface area contributed by atoms with Crippen LogP contribution < -0.4 is 5.32 Å². The lowest BCUT2D eigenvalue weighted by Gasteiger charge is -2.32. The van der Waals surface area contributed by atoms with Gasteiger partial charge in [-0.05, 0) is 29.5 Å². The van der Waals surface area contributed by atoms with E-state index in [0.717, 1.165) is 29.5 Å². The van der Waals surface area contributed by atoms with Crippen LogP contribution in [0.4, 0.5) is 0 Å². The molecule has 1 amide bonds. The minimum atomic E-state index is -0.568. The summed E-state index contributed by atoms with van der Waals surface area (Å²) in [5, 5.41) is 13.5. The van der Waals surface area contributed by atoms with E-state index in [1.807, 2.05) is 54.6 Å². The summed E-state index contributed by atoms with van der Waals surface area (Å²) >= 11 is 0. The number of ether oxygens (including phenoxy) is 1. The molecule has 130 valence electrons. The molecule has 1 aliphatic carbocycles. The molecule has 2 aromatic carbocycles. The summed E-state index contributed by atoms with van der Waals surface area (Å²) in [7, 11) is 0. The van der Waals surface area contributed by atoms with E-state index in [4.69, 9.17) is 4.74 Å². The minimum Gasteiger partial charge on any atom is -0.390 e. The van der Waals surface area contributed by atoms with E-state index in [-0.39, 0.29) is 24.0 Å². The Bertz CT molecular complexity index is 746. The molecule has 2 aliphatic rings. The van der Waals surface area contributed by atoms with Crippen molar-refractivity contribution < 1.29 is 14.6 Å². The number of benzene rings is 2. The number of carbonyl (C=O) groups is 1. The average Bonchev–Trinajstić information content (AvgIpc) is 2.98. The molecule has 0 aromatic heterocycles. The number of hydrogen-bond donors (Lipinski definition) is 2. The topological polar surface area (TPSA) is 58.6 Å². The van der Waals surface area contributed by atoms with Gasteiger partial charge in [-0.1, -0.05) is 54.6 Å². The predicted octanol–water partition coefficient (Wildman–Crippen LogP) is 2.93. The maximum absolute atomic E-state index is 13.0. The summed E-state index contributed by atoms with van der Waals surface area (Å²) in [6, 6.07) is 17.5. The van der Waals surface area contributed by atoms with Gasteiger partial charge in [-0.15, -0.1) is 0 Å². The van der Waals surface area contributed by atoms with Gasteiger partial charge in [0.1, 0.15) is 0 Å². The zero-order chi connectivity index (χ0) is 17.2. The van der Waals surface area contributed by atoms with Gasteiger partial charge in [-0.3, -0.25) is 4.79 Å². The van der Waals surface area contributed by atoms with Gasteiger partial charge < -0.3 is 15.2 Å². The molecule has 0 saturated carbocycles. The van der Waals surface area contributed by atoms with E-state index in [2.05, 4.69) is 5.32 Å². The normalized spacial score (nSPS) is 28.4. The first-order chi connectivity index (χ1) is 12.2. The number of hydrogen-bond acceptors (Lipinski definition) is 3. The van der Waals surface area contributed by atoms with Crippen LogP contribution in [0.15, 0.2) is 54.6 Å². The summed E-state index contributed by atoms with van der Waals surface area (Å²) in [6.07, 6.45) is 1.48. The molecule has 4 atom stereocenters. The maximum atomic E-state index is 13.0. The first kappa shape index (κ1) is 16.3. The van der Waals surface area contributed by atoms with Crippen molar-refractivity contribution in [2.45, 2.75) is 37.5 Å². The SMILES string of the molecule is O=C(N[C@@H]1c2ccccc2C[C@@H]1O)[C@@H]1CCCO[C@@H]1c1ccccc1. The van der Waals surface area contributed by atoms with E-state index < -0.39 is 6.10 Å². The van der Waals surface area contributed by atoms with Crippen molar-refractivity contribution in [2.24, 2.45) is 5.92 Å². The summed E-state index contributed by atoms with van der Waals surface area (Å²) in [6.45, 7) is 0.679. The first-order valence-corrected chi connectivity index (χ1v) is 8.97. The van der Waals surface area contributed by atoms with Crippen LogP contribution in [0.3, 0.4) is 0 Å². The van der Waals surface area contributed by atoms with E-state index in [0.29, 0.717) is 13.0 Å². The lowest BCUT2D eigenvalue weighted by molar-refractivity contribution is -0.136. The van der Waals surface area contributed by atoms with Crippen molar-refractivity contribution in [3.05, 3.63) is 71.3 Å². The molecule has 25 heavy (non-hydrogen) atoms. The average molecular weight is 337 g/mol. The second-order valence-electron chi connectivity index (χ2n) is 6.91. The Kier molecular flexibility index (Phi) is 4.55. The molecule has 4 nitrogen and oxygen atoms in total. The number of carbonyl (C=O) groups excluding carboxylic acids is 1. The van der Waals surface area contributed by atoms with Crippen LogP contribution in [0.2, 0.25) is 0 Å². The second-order valence-corrected chi connectivity index (χ2v) is 6.91. The fraction of sp³-hybridized carbons (Fsp3) is 0.381. The smallest absolute Gasteiger partial charge is 0.226 e. The van der Waals surface area contributed by atoms with Crippen LogP contribution in [-0.4, -0.2) is 23.7 Å². The molecule has 0 radical (unpaired) electrons. The fourth-order valence-electron chi connectivity index (χ4n) is 4.03. The van der Waals surface area contributed by atoms with Crippen molar-refractivity contribution >= 4 is 5.91 Å². The number of fused-ring (bicyclic) bond motifs is 1. The Labute approximate surface area is 147 Å². The Morgan fingerprint density at radius 3 is 2.68 bits per heavy atom. The minimum absolute atomic E-state index is 0.0330. The predicted molar refractivity (Wildman–Crippen MR) is 94.9 cm³/mol. The molecule has 1 heterocycles. The monoisotopic (exact) mass is 337 g/mol. The van der Waals surface area contributed by atoms with Gasteiger partial charge in [0.25, 0.3) is 0 Å². The number of amides is 1. The first-order valence-electron chi connectivity index (χ1n) is 8.97. The fourth-order valence-corrected chi connectivity index (χ4v) is 4.03. The second kappa shape index (κ2) is 6.98. The number of aliphatic hydroxyl groups is 1. The van der Waals surface area contributed by atoms with Gasteiger partial charge >= 0.3 is 0 Å². The van der Waals surface area contributed by atoms with Gasteiger partial charge in [-0.2, -0.15) is 0 Å². The Morgan fingerprint density at radius 2 is 1.84 bits per heavy atom. The van der Waals surface area contributed by atoms with Crippen molar-refractivity contribution in [3.8, 4) is 0 Å². The molecule has 2 N–H and O–H groups in total. The molecule has 0 unspecified atom stereocenters. The molecular formula is C21H23NO3. The molecule has 0 bridgehead atoms. The molecular weight excluding hydrogens is 314 g/mol. The molecule has 1 saturated heterocycles. The highest BCUT2D eigenvalue weighted by molar-refractivity contribution is 5.80. The summed E-state index contributed by atoms with van der Waals surface area (Å²) in [5.41, 5.74) is 3.17. The van der Waals surface area contributed by atoms with E-state index in [9.17, 15) is 9.90 Å². The van der Waals surface area contributed by atoms with Crippen molar-refractivity contribution in [2.75, 3.05) is 6.61 Å². The third kappa shape index (κ3) is 3.20. The lowest BCUT2D eigenvalue weighted by Crippen LogP contribution is -2.41. The lowest BCUT2D eigenvalue weighted by atomic mass is 9.88. The Morgan fingerprint density at radius 1 is 1.08 bits per heavy atom. The van der Waals surface area contributed by atoms with E-state index in [1.165, 1.54) is 0 Å². The highest BCUT2D eigenvalue weighted by Crippen LogP contribution is 2.36. The molecule has 4 rings (SSSR count). The van der Waals surface area contributed by atoms with Crippen molar-refractivity contribution in [1.29, 1.82) is 0 Å². The van der Waals surface area contributed by atoms with E-state index in [1.54, 1.807) is 0 Å². The van der Waals surface area contributed by atoms with Gasteiger partial charge in [0, 0.05) is 13.0 Å². The highest BCUT2D eigenvalue weighted by atomic mass is 16.5. The third-order valence-corrected chi connectivity index (χ3v) is 5.29. The summed E-state index contributed by atoms with van der Waals surface area (Å²) in [4.78, 5) is 13.0. The zero-order valence-electron chi connectivity index (χ0n) is 14.1. The highest BCUT2D eigenvalue weighted by Gasteiger charge is 2.37. The summed E-state index contributed by atoms with van der Waals surface area (Å²) in [5.74, 6) is -0.259. The summed E-state index contributed by atoms with van der Waals surface area (Å²) < 4.78 is 5.94. The van der Waals surface area contributed by atoms with Crippen molar-refractivity contribution in [3.63, 3.8) is 0 Å². The maximum Gasteiger partial charge on any atom is 0.226 e. The van der Waals surface area contributed by atoms with Crippen LogP contribution in [0, 0.1) is 5.92 Å². The molecule has 0 spiro atoms. The van der Waals surface area contributed by atoms with Gasteiger partial charge in [0.05, 0.1) is 24.2 Å². The van der Waals surface area contributed by atoms with E-state index >= 15 is 0 Å². The van der Waals surface area contributed by atoms with Crippen LogP contribution >= 0.6 is 0 Å². The van der Waals surface area contributed by atoms with Gasteiger partial charge in [0.2, 0.25) is 5.91 Å². The van der Waals surface area contributed by atoms with Crippen LogP contribution in [0.25, 0.3) is 0 Å². The quantitative estimate of drug-likeness (QED) is 0.905. The number of rotatable bonds is 3. The largest absolute Gasteiger partial charge is 0.390 e. The number of nitrogens with one attached hydrogen (secondary N) is 1. The van der Waals surface area contributed by atoms with Crippen LogP contribution in [-0.2, 0) is 16.0 Å². The van der Waals surface area contributed by atoms with Crippen molar-refractivity contribution in [1.82, 2.24) is 5.32 Å². The van der Waals surface area contributed by atoms with Gasteiger partial charge in [-0.25, -0.2) is 0 Å². The number of aliphatic hydroxyl groups excluding tert-OH is 1. The molecule has 4 heteroatoms. The van der Waals surface area contributed by atoms with Gasteiger partial charge in [0.15, 0.2) is 0 Å². The standard InChI is InChI=1S/C21H23NO3/c23-18-13-15-9-4-5-10-16(15)19(18)22-21(24)17-11-6-12-25-20(17)14-7-2-1-3-8-14/h1-5,7-10,17-20,23H,6,11-13H2,(H,22,24)/t17-,18+,19-,20-/m1/s1. The Balaban J connectivity index is 1.54. The third-order valence-electron chi connectivity index (χ3n) is 5.29. The van der Waals surface area contributed by atoms with Crippen LogP contribution in [0.1, 0.15) is 41.7 Å². The molecule has 2 aromatic rings. The van der Waals surface area contributed by atoms with Crippen LogP contribution in [0.5, 0.6) is 0 Å². The Hall–Kier alpha value is -2.17. The molecule has 1 aliphatic heterocycles. The molecule has 1 fully saturated rings.